The van der Waals surface area contributed by atoms with Gasteiger partial charge in [0.2, 0.25) is 0 Å². The quantitative estimate of drug-likeness (QED) is 0.859. The van der Waals surface area contributed by atoms with Crippen LogP contribution in [0.5, 0.6) is 5.75 Å². The van der Waals surface area contributed by atoms with Crippen LogP contribution in [-0.4, -0.2) is 12.2 Å². The average Bonchev–Trinajstić information content (AvgIpc) is 2.45. The second-order valence-corrected chi connectivity index (χ2v) is 7.04. The highest BCUT2D eigenvalue weighted by Gasteiger charge is 2.24. The summed E-state index contributed by atoms with van der Waals surface area (Å²) < 4.78 is 6.31. The lowest BCUT2D eigenvalue weighted by Gasteiger charge is -2.26. The van der Waals surface area contributed by atoms with Crippen LogP contribution in [0, 0.1) is 0 Å². The van der Waals surface area contributed by atoms with Crippen LogP contribution in [-0.2, 0) is 5.41 Å². The molecule has 0 saturated carbocycles. The van der Waals surface area contributed by atoms with Gasteiger partial charge in [0.05, 0.1) is 7.11 Å². The molecule has 0 spiro atoms. The van der Waals surface area contributed by atoms with Gasteiger partial charge in [-0.2, -0.15) is 0 Å². The van der Waals surface area contributed by atoms with E-state index in [0.29, 0.717) is 5.75 Å². The Morgan fingerprint density at radius 1 is 1.05 bits per heavy atom. The maximum Gasteiger partial charge on any atom is 0.125 e. The van der Waals surface area contributed by atoms with Crippen molar-refractivity contribution in [2.45, 2.75) is 32.3 Å². The Hall–Kier alpha value is -1.32. The molecule has 0 aromatic heterocycles. The Kier molecular flexibility index (Phi) is 4.74. The summed E-state index contributed by atoms with van der Waals surface area (Å²) in [6.45, 7) is 6.45. The number of ether oxygens (including phenoxy) is 1. The topological polar surface area (TPSA) is 29.5 Å². The average molecular weight is 349 g/mol. The molecule has 2 nitrogen and oxygen atoms in total. The first-order valence-electron chi connectivity index (χ1n) is 6.95. The van der Waals surface area contributed by atoms with Gasteiger partial charge in [0, 0.05) is 10.0 Å². The van der Waals surface area contributed by atoms with Gasteiger partial charge in [-0.05, 0) is 34.7 Å². The van der Waals surface area contributed by atoms with Crippen molar-refractivity contribution in [2.24, 2.45) is 0 Å². The van der Waals surface area contributed by atoms with Crippen molar-refractivity contribution in [2.75, 3.05) is 7.11 Å². The molecule has 112 valence electrons. The number of methoxy groups -OCH3 is 1. The van der Waals surface area contributed by atoms with Gasteiger partial charge in [0.25, 0.3) is 0 Å². The number of hydrogen-bond donors (Lipinski definition) is 1. The fourth-order valence-electron chi connectivity index (χ4n) is 2.50. The first-order valence-corrected chi connectivity index (χ1v) is 7.75. The monoisotopic (exact) mass is 348 g/mol. The summed E-state index contributed by atoms with van der Waals surface area (Å²) in [6.07, 6.45) is -0.715. The van der Waals surface area contributed by atoms with E-state index in [2.05, 4.69) is 42.8 Å². The van der Waals surface area contributed by atoms with E-state index >= 15 is 0 Å². The molecule has 0 aliphatic rings. The van der Waals surface area contributed by atoms with E-state index < -0.39 is 6.10 Å². The Morgan fingerprint density at radius 3 is 2.33 bits per heavy atom. The Balaban J connectivity index is 2.56. The highest BCUT2D eigenvalue weighted by Crippen LogP contribution is 2.37. The summed E-state index contributed by atoms with van der Waals surface area (Å²) in [4.78, 5) is 0. The van der Waals surface area contributed by atoms with Gasteiger partial charge < -0.3 is 9.84 Å². The number of aliphatic hydroxyl groups is 1. The zero-order chi connectivity index (χ0) is 15.6. The molecule has 2 aromatic rings. The number of aliphatic hydroxyl groups excluding tert-OH is 1. The lowest BCUT2D eigenvalue weighted by atomic mass is 9.81. The second kappa shape index (κ2) is 6.20. The van der Waals surface area contributed by atoms with Crippen molar-refractivity contribution in [1.82, 2.24) is 0 Å². The lowest BCUT2D eigenvalue weighted by molar-refractivity contribution is 0.212. The van der Waals surface area contributed by atoms with Crippen LogP contribution < -0.4 is 4.74 Å². The van der Waals surface area contributed by atoms with Crippen LogP contribution in [0.4, 0.5) is 0 Å². The molecule has 0 aliphatic heterocycles. The molecular formula is C18H21BrO2. The Bertz CT molecular complexity index is 629. The van der Waals surface area contributed by atoms with E-state index in [0.717, 1.165) is 21.2 Å². The van der Waals surface area contributed by atoms with Crippen LogP contribution in [0.1, 0.15) is 43.6 Å². The second-order valence-electron chi connectivity index (χ2n) is 6.13. The largest absolute Gasteiger partial charge is 0.496 e. The molecular weight excluding hydrogens is 328 g/mol. The molecule has 1 N–H and O–H groups in total. The van der Waals surface area contributed by atoms with Crippen molar-refractivity contribution in [3.63, 3.8) is 0 Å². The summed E-state index contributed by atoms with van der Waals surface area (Å²) in [6, 6.07) is 13.7. The first kappa shape index (κ1) is 16.1. The number of rotatable bonds is 3. The zero-order valence-corrected chi connectivity index (χ0v) is 14.4. The summed E-state index contributed by atoms with van der Waals surface area (Å²) in [5, 5.41) is 10.9. The number of hydrogen-bond acceptors (Lipinski definition) is 2. The van der Waals surface area contributed by atoms with Crippen LogP contribution in [0.25, 0.3) is 0 Å². The highest BCUT2D eigenvalue weighted by molar-refractivity contribution is 9.10. The van der Waals surface area contributed by atoms with E-state index in [1.54, 1.807) is 7.11 Å². The molecule has 0 aliphatic carbocycles. The normalized spacial score (nSPS) is 13.0. The maximum atomic E-state index is 10.9. The molecule has 0 bridgehead atoms. The van der Waals surface area contributed by atoms with Crippen molar-refractivity contribution in [3.8, 4) is 5.75 Å². The third-order valence-electron chi connectivity index (χ3n) is 3.55. The number of benzene rings is 2. The molecule has 2 aromatic carbocycles. The molecule has 21 heavy (non-hydrogen) atoms. The molecule has 1 atom stereocenters. The van der Waals surface area contributed by atoms with Crippen LogP contribution in [0.15, 0.2) is 46.9 Å². The van der Waals surface area contributed by atoms with Crippen LogP contribution in [0.2, 0.25) is 0 Å². The fraction of sp³-hybridized carbons (Fsp3) is 0.333. The first-order chi connectivity index (χ1) is 9.84. The minimum Gasteiger partial charge on any atom is -0.496 e. The fourth-order valence-corrected chi connectivity index (χ4v) is 2.88. The summed E-state index contributed by atoms with van der Waals surface area (Å²) in [7, 11) is 1.62. The van der Waals surface area contributed by atoms with E-state index in [1.807, 2.05) is 36.4 Å². The minimum atomic E-state index is -0.715. The highest BCUT2D eigenvalue weighted by atomic mass is 79.9. The Labute approximate surface area is 134 Å². The summed E-state index contributed by atoms with van der Waals surface area (Å²) in [5.74, 6) is 0.689. The van der Waals surface area contributed by atoms with Crippen molar-refractivity contribution in [1.29, 1.82) is 0 Å². The zero-order valence-electron chi connectivity index (χ0n) is 12.9. The summed E-state index contributed by atoms with van der Waals surface area (Å²) >= 11 is 3.46. The predicted molar refractivity (Wildman–Crippen MR) is 89.9 cm³/mol. The molecule has 0 saturated heterocycles. The molecule has 3 heteroatoms. The van der Waals surface area contributed by atoms with E-state index in [9.17, 15) is 5.11 Å². The Morgan fingerprint density at radius 2 is 1.71 bits per heavy atom. The van der Waals surface area contributed by atoms with Gasteiger partial charge in [0.15, 0.2) is 0 Å². The van der Waals surface area contributed by atoms with Gasteiger partial charge in [-0.1, -0.05) is 61.0 Å². The molecule has 0 radical (unpaired) electrons. The van der Waals surface area contributed by atoms with Crippen LogP contribution in [0.3, 0.4) is 0 Å². The van der Waals surface area contributed by atoms with Crippen LogP contribution >= 0.6 is 15.9 Å². The third kappa shape index (κ3) is 3.47. The predicted octanol–water partition coefficient (Wildman–Crippen LogP) is 4.84. The molecule has 0 heterocycles. The van der Waals surface area contributed by atoms with E-state index in [-0.39, 0.29) is 5.41 Å². The number of halogens is 1. The van der Waals surface area contributed by atoms with Crippen molar-refractivity contribution in [3.05, 3.63) is 63.6 Å². The molecule has 2 rings (SSSR count). The van der Waals surface area contributed by atoms with Crippen molar-refractivity contribution < 1.29 is 9.84 Å². The van der Waals surface area contributed by atoms with Crippen molar-refractivity contribution >= 4 is 15.9 Å². The molecule has 0 fully saturated rings. The van der Waals surface area contributed by atoms with Gasteiger partial charge in [-0.3, -0.25) is 0 Å². The maximum absolute atomic E-state index is 10.9. The lowest BCUT2D eigenvalue weighted by Crippen LogP contribution is -2.16. The van der Waals surface area contributed by atoms with Gasteiger partial charge in [0.1, 0.15) is 11.9 Å². The molecule has 1 unspecified atom stereocenters. The van der Waals surface area contributed by atoms with E-state index in [1.165, 1.54) is 0 Å². The SMILES string of the molecule is COc1ccc(Br)cc1C(O)c1ccccc1C(C)(C)C. The van der Waals surface area contributed by atoms with Gasteiger partial charge >= 0.3 is 0 Å². The molecule has 0 amide bonds. The smallest absolute Gasteiger partial charge is 0.125 e. The standard InChI is InChI=1S/C18H21BrO2/c1-18(2,3)15-8-6-5-7-13(15)17(20)14-11-12(19)9-10-16(14)21-4/h5-11,17,20H,1-4H3. The van der Waals surface area contributed by atoms with E-state index in [4.69, 9.17) is 4.74 Å². The summed E-state index contributed by atoms with van der Waals surface area (Å²) in [5.41, 5.74) is 2.79. The minimum absolute atomic E-state index is 0.0309. The van der Waals surface area contributed by atoms with Gasteiger partial charge in [-0.25, -0.2) is 0 Å². The third-order valence-corrected chi connectivity index (χ3v) is 4.04. The van der Waals surface area contributed by atoms with Gasteiger partial charge in [-0.15, -0.1) is 0 Å².